The molecule has 0 bridgehead atoms. The number of aryl methyl sites for hydroxylation is 1. The summed E-state index contributed by atoms with van der Waals surface area (Å²) in [5, 5.41) is 5.96. The SMILES string of the molecule is [C-]#[N+]c1cccc(Oc2ccc3c(-c4c(-c5ccccn5)nn5c4CCC5)ccnc3c2)c1. The quantitative estimate of drug-likeness (QED) is 0.308. The minimum absolute atomic E-state index is 0.547. The average Bonchev–Trinajstić information content (AvgIpc) is 3.46. The maximum atomic E-state index is 7.20. The smallest absolute Gasteiger partial charge is 0.190 e. The number of benzene rings is 2. The summed E-state index contributed by atoms with van der Waals surface area (Å²) in [4.78, 5) is 12.7. The Morgan fingerprint density at radius 2 is 1.85 bits per heavy atom. The average molecular weight is 429 g/mol. The number of rotatable bonds is 4. The van der Waals surface area contributed by atoms with Crippen LogP contribution in [0.3, 0.4) is 0 Å². The van der Waals surface area contributed by atoms with Gasteiger partial charge in [0.1, 0.15) is 17.2 Å². The zero-order valence-electron chi connectivity index (χ0n) is 17.8. The van der Waals surface area contributed by atoms with Gasteiger partial charge in [-0.2, -0.15) is 5.10 Å². The summed E-state index contributed by atoms with van der Waals surface area (Å²) in [6, 6.07) is 21.1. The molecule has 6 rings (SSSR count). The van der Waals surface area contributed by atoms with Gasteiger partial charge in [0, 0.05) is 41.6 Å². The van der Waals surface area contributed by atoms with Crippen LogP contribution in [0.5, 0.6) is 11.5 Å². The molecule has 33 heavy (non-hydrogen) atoms. The van der Waals surface area contributed by atoms with Crippen molar-refractivity contribution in [1.82, 2.24) is 19.7 Å². The van der Waals surface area contributed by atoms with Crippen LogP contribution in [0, 0.1) is 6.57 Å². The zero-order chi connectivity index (χ0) is 22.2. The molecule has 0 N–H and O–H groups in total. The molecule has 2 aromatic carbocycles. The van der Waals surface area contributed by atoms with Gasteiger partial charge >= 0.3 is 0 Å². The third-order valence-electron chi connectivity index (χ3n) is 5.91. The molecule has 0 aliphatic carbocycles. The highest BCUT2D eigenvalue weighted by Gasteiger charge is 2.25. The number of hydrogen-bond acceptors (Lipinski definition) is 4. The van der Waals surface area contributed by atoms with Crippen LogP contribution in [0.4, 0.5) is 5.69 Å². The minimum atomic E-state index is 0.547. The molecule has 0 saturated carbocycles. The summed E-state index contributed by atoms with van der Waals surface area (Å²) in [5.41, 5.74) is 6.66. The topological polar surface area (TPSA) is 57.2 Å². The molecule has 0 unspecified atom stereocenters. The highest BCUT2D eigenvalue weighted by molar-refractivity contribution is 5.99. The van der Waals surface area contributed by atoms with E-state index < -0.39 is 0 Å². The summed E-state index contributed by atoms with van der Waals surface area (Å²) >= 11 is 0. The Balaban J connectivity index is 1.46. The molecule has 158 valence electrons. The first-order chi connectivity index (χ1) is 16.3. The first-order valence-electron chi connectivity index (χ1n) is 10.9. The molecule has 4 heterocycles. The predicted octanol–water partition coefficient (Wildman–Crippen LogP) is 6.45. The number of hydrogen-bond donors (Lipinski definition) is 0. The largest absolute Gasteiger partial charge is 0.459 e. The van der Waals surface area contributed by atoms with Gasteiger partial charge in [0.05, 0.1) is 17.8 Å². The monoisotopic (exact) mass is 429 g/mol. The first-order valence-corrected chi connectivity index (χ1v) is 10.9. The van der Waals surface area contributed by atoms with E-state index in [-0.39, 0.29) is 0 Å². The maximum absolute atomic E-state index is 7.20. The maximum Gasteiger partial charge on any atom is 0.190 e. The van der Waals surface area contributed by atoms with Crippen molar-refractivity contribution in [2.75, 3.05) is 0 Å². The van der Waals surface area contributed by atoms with Gasteiger partial charge in [-0.3, -0.25) is 14.6 Å². The van der Waals surface area contributed by atoms with Crippen molar-refractivity contribution >= 4 is 16.6 Å². The van der Waals surface area contributed by atoms with Gasteiger partial charge in [-0.1, -0.05) is 18.2 Å². The highest BCUT2D eigenvalue weighted by Crippen LogP contribution is 2.40. The van der Waals surface area contributed by atoms with Gasteiger partial charge in [0.25, 0.3) is 0 Å². The molecule has 6 heteroatoms. The lowest BCUT2D eigenvalue weighted by molar-refractivity contribution is 0.483. The first kappa shape index (κ1) is 19.2. The number of aromatic nitrogens is 4. The van der Waals surface area contributed by atoms with E-state index in [2.05, 4.69) is 25.6 Å². The lowest BCUT2D eigenvalue weighted by atomic mass is 9.96. The molecular formula is C27H19N5O. The van der Waals surface area contributed by atoms with Crippen molar-refractivity contribution in [1.29, 1.82) is 0 Å². The molecule has 0 fully saturated rings. The zero-order valence-corrected chi connectivity index (χ0v) is 17.8. The van der Waals surface area contributed by atoms with Crippen LogP contribution in [0.2, 0.25) is 0 Å². The van der Waals surface area contributed by atoms with Gasteiger partial charge in [0.15, 0.2) is 5.69 Å². The Labute approximate surface area is 191 Å². The summed E-state index contributed by atoms with van der Waals surface area (Å²) in [7, 11) is 0. The fourth-order valence-corrected chi connectivity index (χ4v) is 4.46. The number of nitrogens with zero attached hydrogens (tertiary/aromatic N) is 5. The molecule has 5 aromatic rings. The van der Waals surface area contributed by atoms with Crippen LogP contribution >= 0.6 is 0 Å². The number of pyridine rings is 2. The molecule has 3 aromatic heterocycles. The predicted molar refractivity (Wildman–Crippen MR) is 127 cm³/mol. The van der Waals surface area contributed by atoms with E-state index >= 15 is 0 Å². The van der Waals surface area contributed by atoms with E-state index in [4.69, 9.17) is 16.4 Å². The Kier molecular flexibility index (Phi) is 4.59. The summed E-state index contributed by atoms with van der Waals surface area (Å²) in [6.45, 7) is 8.13. The highest BCUT2D eigenvalue weighted by atomic mass is 16.5. The van der Waals surface area contributed by atoms with Crippen molar-refractivity contribution in [3.05, 3.63) is 96.2 Å². The molecule has 0 radical (unpaired) electrons. The normalized spacial score (nSPS) is 12.5. The molecule has 0 amide bonds. The van der Waals surface area contributed by atoms with E-state index in [1.165, 1.54) is 5.69 Å². The number of ether oxygens (including phenoxy) is 1. The Bertz CT molecular complexity index is 1530. The van der Waals surface area contributed by atoms with E-state index in [9.17, 15) is 0 Å². The van der Waals surface area contributed by atoms with Crippen LogP contribution in [0.1, 0.15) is 12.1 Å². The molecule has 0 atom stereocenters. The van der Waals surface area contributed by atoms with Crippen LogP contribution in [0.15, 0.2) is 79.1 Å². The van der Waals surface area contributed by atoms with E-state index in [0.29, 0.717) is 17.2 Å². The van der Waals surface area contributed by atoms with Crippen LogP contribution in [0.25, 0.3) is 38.3 Å². The van der Waals surface area contributed by atoms with Gasteiger partial charge < -0.3 is 4.74 Å². The van der Waals surface area contributed by atoms with Gasteiger partial charge in [-0.05, 0) is 60.9 Å². The Hall–Kier alpha value is -4.50. The third kappa shape index (κ3) is 3.40. The standard InChI is InChI=1S/C27H19N5O/c1-28-18-6-4-7-19(16-18)33-20-10-11-21-22(12-14-30-24(21)17-20)26-25-9-5-15-32(25)31-27(26)23-8-2-3-13-29-23/h2-4,6-8,10-14,16-17H,5,9,15H2. The molecule has 1 aliphatic rings. The lowest BCUT2D eigenvalue weighted by Gasteiger charge is -2.11. The van der Waals surface area contributed by atoms with Crippen molar-refractivity contribution in [3.63, 3.8) is 0 Å². The third-order valence-corrected chi connectivity index (χ3v) is 5.91. The molecule has 0 saturated heterocycles. The van der Waals surface area contributed by atoms with Gasteiger partial charge in [-0.25, -0.2) is 4.85 Å². The minimum Gasteiger partial charge on any atom is -0.459 e. The second-order valence-corrected chi connectivity index (χ2v) is 7.96. The summed E-state index contributed by atoms with van der Waals surface area (Å²) in [6.07, 6.45) is 5.74. The fraction of sp³-hybridized carbons (Fsp3) is 0.111. The lowest BCUT2D eigenvalue weighted by Crippen LogP contribution is -1.94. The Morgan fingerprint density at radius 3 is 2.73 bits per heavy atom. The Morgan fingerprint density at radius 1 is 0.909 bits per heavy atom. The van der Waals surface area contributed by atoms with Crippen LogP contribution in [-0.2, 0) is 13.0 Å². The summed E-state index contributed by atoms with van der Waals surface area (Å²) in [5.74, 6) is 1.31. The van der Waals surface area contributed by atoms with Gasteiger partial charge in [-0.15, -0.1) is 0 Å². The van der Waals surface area contributed by atoms with Crippen molar-refractivity contribution in [2.24, 2.45) is 0 Å². The summed E-state index contributed by atoms with van der Waals surface area (Å²) < 4.78 is 8.14. The van der Waals surface area contributed by atoms with Crippen molar-refractivity contribution < 1.29 is 4.74 Å². The van der Waals surface area contributed by atoms with Crippen LogP contribution in [-0.4, -0.2) is 19.7 Å². The van der Waals surface area contributed by atoms with Crippen molar-refractivity contribution in [2.45, 2.75) is 19.4 Å². The van der Waals surface area contributed by atoms with E-state index in [0.717, 1.165) is 52.8 Å². The molecule has 1 aliphatic heterocycles. The second kappa shape index (κ2) is 7.88. The molecule has 0 spiro atoms. The van der Waals surface area contributed by atoms with E-state index in [1.807, 2.05) is 54.7 Å². The van der Waals surface area contributed by atoms with Gasteiger partial charge in [0.2, 0.25) is 0 Å². The van der Waals surface area contributed by atoms with Crippen molar-refractivity contribution in [3.8, 4) is 34.0 Å². The molecule has 6 nitrogen and oxygen atoms in total. The fourth-order valence-electron chi connectivity index (χ4n) is 4.46. The van der Waals surface area contributed by atoms with E-state index in [1.54, 1.807) is 18.3 Å². The second-order valence-electron chi connectivity index (χ2n) is 7.96. The molecular weight excluding hydrogens is 410 g/mol. The number of fused-ring (bicyclic) bond motifs is 2. The van der Waals surface area contributed by atoms with Crippen LogP contribution < -0.4 is 4.74 Å².